The molecule has 0 aromatic heterocycles. The summed E-state index contributed by atoms with van der Waals surface area (Å²) in [6, 6.07) is 11.9. The number of aryl methyl sites for hydroxylation is 2. The molecule has 106 valence electrons. The van der Waals surface area contributed by atoms with Gasteiger partial charge >= 0.3 is 0 Å². The van der Waals surface area contributed by atoms with Crippen molar-refractivity contribution in [3.05, 3.63) is 68.1 Å². The van der Waals surface area contributed by atoms with Gasteiger partial charge in [-0.15, -0.1) is 0 Å². The van der Waals surface area contributed by atoms with Crippen LogP contribution in [0.15, 0.2) is 40.9 Å². The summed E-state index contributed by atoms with van der Waals surface area (Å²) in [5.74, 6) is 0. The zero-order valence-electron chi connectivity index (χ0n) is 11.9. The monoisotopic (exact) mass is 352 g/mol. The molecule has 2 aromatic carbocycles. The second-order valence-electron chi connectivity index (χ2n) is 5.50. The van der Waals surface area contributed by atoms with E-state index >= 15 is 0 Å². The van der Waals surface area contributed by atoms with E-state index < -0.39 is 5.60 Å². The summed E-state index contributed by atoms with van der Waals surface area (Å²) in [7, 11) is 0. The van der Waals surface area contributed by atoms with Gasteiger partial charge in [0.15, 0.2) is 0 Å². The minimum atomic E-state index is -0.937. The molecule has 0 fully saturated rings. The predicted octanol–water partition coefficient (Wildman–Crippen LogP) is 5.17. The van der Waals surface area contributed by atoms with E-state index in [1.807, 2.05) is 51.1 Å². The van der Waals surface area contributed by atoms with E-state index in [-0.39, 0.29) is 0 Å². The lowest BCUT2D eigenvalue weighted by Gasteiger charge is -2.27. The Morgan fingerprint density at radius 1 is 1.15 bits per heavy atom. The third kappa shape index (κ3) is 3.43. The normalized spacial score (nSPS) is 14.1. The molecule has 1 N–H and O–H groups in total. The van der Waals surface area contributed by atoms with E-state index in [0.717, 1.165) is 26.7 Å². The van der Waals surface area contributed by atoms with E-state index in [9.17, 15) is 5.11 Å². The maximum atomic E-state index is 10.9. The number of hydrogen-bond donors (Lipinski definition) is 1. The van der Waals surface area contributed by atoms with Crippen molar-refractivity contribution in [1.29, 1.82) is 0 Å². The van der Waals surface area contributed by atoms with Crippen molar-refractivity contribution in [3.8, 4) is 0 Å². The summed E-state index contributed by atoms with van der Waals surface area (Å²) >= 11 is 9.65. The fraction of sp³-hybridized carbons (Fsp3) is 0.294. The molecule has 1 nitrogen and oxygen atoms in total. The number of hydrogen-bond acceptors (Lipinski definition) is 1. The van der Waals surface area contributed by atoms with Crippen LogP contribution in [0.3, 0.4) is 0 Å². The number of halogens is 2. The molecule has 0 aliphatic carbocycles. The van der Waals surface area contributed by atoms with Crippen LogP contribution >= 0.6 is 27.5 Å². The third-order valence-corrected chi connectivity index (χ3v) is 4.37. The lowest BCUT2D eigenvalue weighted by atomic mass is 9.85. The van der Waals surface area contributed by atoms with Gasteiger partial charge in [-0.3, -0.25) is 0 Å². The average Bonchev–Trinajstić information content (AvgIpc) is 2.35. The van der Waals surface area contributed by atoms with Crippen LogP contribution in [0, 0.1) is 13.8 Å². The van der Waals surface area contributed by atoms with Crippen LogP contribution < -0.4 is 0 Å². The van der Waals surface area contributed by atoms with Crippen molar-refractivity contribution in [2.75, 3.05) is 0 Å². The molecule has 3 heteroatoms. The second kappa shape index (κ2) is 5.88. The highest BCUT2D eigenvalue weighted by Gasteiger charge is 2.26. The Bertz CT molecular complexity index is 635. The first-order chi connectivity index (χ1) is 9.29. The highest BCUT2D eigenvalue weighted by atomic mass is 79.9. The van der Waals surface area contributed by atoms with Crippen LogP contribution in [0.2, 0.25) is 5.02 Å². The van der Waals surface area contributed by atoms with Gasteiger partial charge in [0, 0.05) is 15.9 Å². The van der Waals surface area contributed by atoms with E-state index in [1.165, 1.54) is 0 Å². The minimum absolute atomic E-state index is 0.489. The number of rotatable bonds is 3. The highest BCUT2D eigenvalue weighted by molar-refractivity contribution is 9.10. The van der Waals surface area contributed by atoms with Gasteiger partial charge in [0.1, 0.15) is 0 Å². The lowest BCUT2D eigenvalue weighted by molar-refractivity contribution is 0.0569. The Labute approximate surface area is 133 Å². The molecule has 0 saturated carbocycles. The molecule has 0 heterocycles. The standard InChI is InChI=1S/C17H18BrClO/c1-11-4-5-12(2)15(8-11)17(3,20)10-13-6-7-14(18)9-16(13)19/h4-9,20H,10H2,1-3H3. The van der Waals surface area contributed by atoms with Crippen molar-refractivity contribution in [2.24, 2.45) is 0 Å². The quantitative estimate of drug-likeness (QED) is 0.807. The fourth-order valence-corrected chi connectivity index (χ4v) is 3.19. The number of aliphatic hydroxyl groups is 1. The topological polar surface area (TPSA) is 20.2 Å². The Kier molecular flexibility index (Phi) is 4.58. The Hall–Kier alpha value is -0.830. The molecule has 0 amide bonds. The van der Waals surface area contributed by atoms with Crippen LogP contribution in [0.4, 0.5) is 0 Å². The predicted molar refractivity (Wildman–Crippen MR) is 88.3 cm³/mol. The van der Waals surface area contributed by atoms with Crippen LogP contribution in [0.5, 0.6) is 0 Å². The summed E-state index contributed by atoms with van der Waals surface area (Å²) in [4.78, 5) is 0. The van der Waals surface area contributed by atoms with Gasteiger partial charge in [0.05, 0.1) is 5.60 Å². The van der Waals surface area contributed by atoms with Gasteiger partial charge in [-0.05, 0) is 49.6 Å². The van der Waals surface area contributed by atoms with Crippen LogP contribution in [-0.2, 0) is 12.0 Å². The van der Waals surface area contributed by atoms with E-state index in [2.05, 4.69) is 22.0 Å². The van der Waals surface area contributed by atoms with E-state index in [0.29, 0.717) is 11.4 Å². The second-order valence-corrected chi connectivity index (χ2v) is 6.83. The first-order valence-corrected chi connectivity index (χ1v) is 7.71. The summed E-state index contributed by atoms with van der Waals surface area (Å²) in [5.41, 5.74) is 3.20. The molecule has 0 bridgehead atoms. The van der Waals surface area contributed by atoms with Crippen molar-refractivity contribution in [1.82, 2.24) is 0 Å². The average molecular weight is 354 g/mol. The van der Waals surface area contributed by atoms with Gasteiger partial charge < -0.3 is 5.11 Å². The van der Waals surface area contributed by atoms with Crippen molar-refractivity contribution < 1.29 is 5.11 Å². The van der Waals surface area contributed by atoms with Gasteiger partial charge in [-0.25, -0.2) is 0 Å². The lowest BCUT2D eigenvalue weighted by Crippen LogP contribution is -2.25. The Balaban J connectivity index is 2.37. The minimum Gasteiger partial charge on any atom is -0.385 e. The molecule has 1 atom stereocenters. The highest BCUT2D eigenvalue weighted by Crippen LogP contribution is 2.32. The molecule has 1 unspecified atom stereocenters. The fourth-order valence-electron chi connectivity index (χ4n) is 2.45. The molecule has 0 saturated heterocycles. The summed E-state index contributed by atoms with van der Waals surface area (Å²) in [5, 5.41) is 11.5. The van der Waals surface area contributed by atoms with Gasteiger partial charge in [0.2, 0.25) is 0 Å². The summed E-state index contributed by atoms with van der Waals surface area (Å²) in [6.45, 7) is 5.89. The Morgan fingerprint density at radius 3 is 2.50 bits per heavy atom. The molecule has 20 heavy (non-hydrogen) atoms. The van der Waals surface area contributed by atoms with E-state index in [4.69, 9.17) is 11.6 Å². The molecular formula is C17H18BrClO. The van der Waals surface area contributed by atoms with Crippen molar-refractivity contribution in [2.45, 2.75) is 32.8 Å². The summed E-state index contributed by atoms with van der Waals surface area (Å²) in [6.07, 6.45) is 0.489. The molecule has 0 aliphatic rings. The maximum absolute atomic E-state index is 10.9. The van der Waals surface area contributed by atoms with Crippen molar-refractivity contribution >= 4 is 27.5 Å². The SMILES string of the molecule is Cc1ccc(C)c(C(C)(O)Cc2ccc(Br)cc2Cl)c1. The van der Waals surface area contributed by atoms with E-state index in [1.54, 1.807) is 0 Å². The van der Waals surface area contributed by atoms with Gasteiger partial charge in [0.25, 0.3) is 0 Å². The molecule has 0 spiro atoms. The van der Waals surface area contributed by atoms with Crippen LogP contribution in [0.1, 0.15) is 29.2 Å². The third-order valence-electron chi connectivity index (χ3n) is 3.52. The first kappa shape index (κ1) is 15.6. The maximum Gasteiger partial charge on any atom is 0.0911 e. The van der Waals surface area contributed by atoms with Crippen LogP contribution in [-0.4, -0.2) is 5.11 Å². The molecule has 2 aromatic rings. The molecule has 0 aliphatic heterocycles. The van der Waals surface area contributed by atoms with Crippen LogP contribution in [0.25, 0.3) is 0 Å². The first-order valence-electron chi connectivity index (χ1n) is 6.53. The van der Waals surface area contributed by atoms with Gasteiger partial charge in [-0.2, -0.15) is 0 Å². The van der Waals surface area contributed by atoms with Crippen molar-refractivity contribution in [3.63, 3.8) is 0 Å². The largest absolute Gasteiger partial charge is 0.385 e. The zero-order chi connectivity index (χ0) is 14.9. The Morgan fingerprint density at radius 2 is 1.85 bits per heavy atom. The summed E-state index contributed by atoms with van der Waals surface area (Å²) < 4.78 is 0.942. The smallest absolute Gasteiger partial charge is 0.0911 e. The zero-order valence-corrected chi connectivity index (χ0v) is 14.2. The van der Waals surface area contributed by atoms with Gasteiger partial charge in [-0.1, -0.05) is 57.4 Å². The number of benzene rings is 2. The molecule has 0 radical (unpaired) electrons. The molecular weight excluding hydrogens is 336 g/mol. The molecule has 2 rings (SSSR count).